The van der Waals surface area contributed by atoms with E-state index in [2.05, 4.69) is 33.5 Å². The summed E-state index contributed by atoms with van der Waals surface area (Å²) in [4.78, 5) is 18.9. The molecule has 1 aromatic heterocycles. The number of amides is 1. The van der Waals surface area contributed by atoms with Gasteiger partial charge in [-0.15, -0.1) is 5.10 Å². The minimum absolute atomic E-state index is 0.237. The molecule has 1 aliphatic rings. The van der Waals surface area contributed by atoms with Crippen molar-refractivity contribution >= 4 is 56.8 Å². The number of halogens is 2. The monoisotopic (exact) mass is 695 g/mol. The Morgan fingerprint density at radius 2 is 1.91 bits per heavy atom. The van der Waals surface area contributed by atoms with E-state index in [0.717, 1.165) is 38.8 Å². The first kappa shape index (κ1) is 31.9. The minimum atomic E-state index is -0.602. The van der Waals surface area contributed by atoms with Gasteiger partial charge in [0.05, 0.1) is 23.3 Å². The number of aromatic nitrogens is 3. The molecule has 1 amide bonds. The molecule has 11 heteroatoms. The Balaban J connectivity index is 1.58. The Bertz CT molecular complexity index is 1720. The fourth-order valence-electron chi connectivity index (χ4n) is 5.05. The van der Waals surface area contributed by atoms with Crippen LogP contribution in [0.5, 0.6) is 11.5 Å². The number of fused-ring (bicyclic) bond motifs is 1. The molecule has 1 aliphatic heterocycles. The van der Waals surface area contributed by atoms with Crippen LogP contribution in [0.25, 0.3) is 0 Å². The number of nitrogens with one attached hydrogen (secondary N) is 2. The second kappa shape index (κ2) is 14.1. The maximum Gasteiger partial charge on any atom is 0.255 e. The number of allylic oxidation sites excluding steroid dienone is 1. The summed E-state index contributed by atoms with van der Waals surface area (Å²) in [7, 11) is 0. The van der Waals surface area contributed by atoms with Crippen LogP contribution in [0.15, 0.2) is 75.5 Å². The SMILES string of the molecule is CCCOc1c(Br)cc(C2C(C(=O)Nc3ccc(C)cc3C)=C(C)Nc3nc(SCc4ccccc4Cl)nn32)cc1OCC. The topological polar surface area (TPSA) is 90.3 Å². The van der Waals surface area contributed by atoms with Gasteiger partial charge in [-0.25, -0.2) is 4.68 Å². The summed E-state index contributed by atoms with van der Waals surface area (Å²) >= 11 is 11.6. The summed E-state index contributed by atoms with van der Waals surface area (Å²) in [5.74, 6) is 2.12. The van der Waals surface area contributed by atoms with Gasteiger partial charge < -0.3 is 20.1 Å². The molecule has 0 spiro atoms. The van der Waals surface area contributed by atoms with Gasteiger partial charge in [0.1, 0.15) is 6.04 Å². The fraction of sp³-hybridized carbons (Fsp3) is 0.303. The van der Waals surface area contributed by atoms with Gasteiger partial charge in [0.2, 0.25) is 11.1 Å². The number of carbonyl (C=O) groups excluding carboxylic acids is 1. The van der Waals surface area contributed by atoms with E-state index in [4.69, 9.17) is 31.2 Å². The summed E-state index contributed by atoms with van der Waals surface area (Å²) in [6, 6.07) is 17.0. The zero-order valence-corrected chi connectivity index (χ0v) is 28.5. The number of hydrogen-bond donors (Lipinski definition) is 2. The van der Waals surface area contributed by atoms with Gasteiger partial charge in [0.15, 0.2) is 11.5 Å². The molecule has 2 heterocycles. The van der Waals surface area contributed by atoms with Crippen LogP contribution in [-0.4, -0.2) is 33.9 Å². The smallest absolute Gasteiger partial charge is 0.255 e. The predicted molar refractivity (Wildman–Crippen MR) is 181 cm³/mol. The molecule has 3 aromatic carbocycles. The van der Waals surface area contributed by atoms with E-state index in [-0.39, 0.29) is 5.91 Å². The summed E-state index contributed by atoms with van der Waals surface area (Å²) in [5, 5.41) is 12.6. The average molecular weight is 697 g/mol. The summed E-state index contributed by atoms with van der Waals surface area (Å²) in [6.07, 6.45) is 0.857. The Kier molecular flexibility index (Phi) is 10.2. The van der Waals surface area contributed by atoms with Gasteiger partial charge in [-0.2, -0.15) is 4.98 Å². The normalized spacial score (nSPS) is 14.2. The molecule has 4 aromatic rings. The molecule has 1 atom stereocenters. The molecule has 5 rings (SSSR count). The molecule has 0 radical (unpaired) electrons. The highest BCUT2D eigenvalue weighted by Gasteiger charge is 2.35. The number of benzene rings is 3. The zero-order chi connectivity index (χ0) is 31.4. The van der Waals surface area contributed by atoms with E-state index in [0.29, 0.717) is 57.9 Å². The van der Waals surface area contributed by atoms with E-state index in [1.807, 2.05) is 82.3 Å². The molecule has 0 fully saturated rings. The second-order valence-electron chi connectivity index (χ2n) is 10.5. The van der Waals surface area contributed by atoms with Crippen molar-refractivity contribution in [1.29, 1.82) is 0 Å². The number of ether oxygens (including phenoxy) is 2. The third-order valence-electron chi connectivity index (χ3n) is 7.12. The first-order valence-electron chi connectivity index (χ1n) is 14.5. The van der Waals surface area contributed by atoms with E-state index in [1.165, 1.54) is 11.8 Å². The van der Waals surface area contributed by atoms with Crippen LogP contribution in [0.3, 0.4) is 0 Å². The molecule has 8 nitrogen and oxygen atoms in total. The largest absolute Gasteiger partial charge is 0.490 e. The molecule has 0 saturated heterocycles. The van der Waals surface area contributed by atoms with Crippen molar-refractivity contribution in [2.24, 2.45) is 0 Å². The second-order valence-corrected chi connectivity index (χ2v) is 12.7. The van der Waals surface area contributed by atoms with E-state index >= 15 is 0 Å². The lowest BCUT2D eigenvalue weighted by molar-refractivity contribution is -0.113. The lowest BCUT2D eigenvalue weighted by Crippen LogP contribution is -2.31. The highest BCUT2D eigenvalue weighted by molar-refractivity contribution is 9.10. The van der Waals surface area contributed by atoms with Crippen LogP contribution < -0.4 is 20.1 Å². The van der Waals surface area contributed by atoms with Crippen molar-refractivity contribution in [3.63, 3.8) is 0 Å². The summed E-state index contributed by atoms with van der Waals surface area (Å²) in [5.41, 5.74) is 5.84. The third-order valence-corrected chi connectivity index (χ3v) is 8.96. The Morgan fingerprint density at radius 3 is 2.64 bits per heavy atom. The van der Waals surface area contributed by atoms with Gasteiger partial charge >= 0.3 is 0 Å². The number of carbonyl (C=O) groups is 1. The summed E-state index contributed by atoms with van der Waals surface area (Å²) < 4.78 is 14.6. The lowest BCUT2D eigenvalue weighted by atomic mass is 9.94. The molecular weight excluding hydrogens is 662 g/mol. The summed E-state index contributed by atoms with van der Waals surface area (Å²) in [6.45, 7) is 10.9. The van der Waals surface area contributed by atoms with Crippen LogP contribution in [0.1, 0.15) is 55.5 Å². The fourth-order valence-corrected chi connectivity index (χ4v) is 6.74. The van der Waals surface area contributed by atoms with Gasteiger partial charge in [0.25, 0.3) is 5.91 Å². The van der Waals surface area contributed by atoms with Crippen molar-refractivity contribution in [3.8, 4) is 11.5 Å². The maximum atomic E-state index is 14.1. The number of thioether (sulfide) groups is 1. The molecule has 230 valence electrons. The lowest BCUT2D eigenvalue weighted by Gasteiger charge is -2.29. The van der Waals surface area contributed by atoms with Crippen molar-refractivity contribution in [1.82, 2.24) is 14.8 Å². The van der Waals surface area contributed by atoms with E-state index in [1.54, 1.807) is 4.68 Å². The molecule has 0 aliphatic carbocycles. The molecule has 44 heavy (non-hydrogen) atoms. The predicted octanol–water partition coefficient (Wildman–Crippen LogP) is 8.72. The Hall–Kier alpha value is -3.47. The number of anilines is 2. The zero-order valence-electron chi connectivity index (χ0n) is 25.3. The van der Waals surface area contributed by atoms with E-state index in [9.17, 15) is 4.79 Å². The highest BCUT2D eigenvalue weighted by atomic mass is 79.9. The van der Waals surface area contributed by atoms with Crippen LogP contribution in [0, 0.1) is 13.8 Å². The Morgan fingerprint density at radius 1 is 1.11 bits per heavy atom. The Labute approximate surface area is 275 Å². The number of hydrogen-bond acceptors (Lipinski definition) is 7. The van der Waals surface area contributed by atoms with E-state index < -0.39 is 6.04 Å². The van der Waals surface area contributed by atoms with Crippen molar-refractivity contribution in [2.45, 2.75) is 58.0 Å². The minimum Gasteiger partial charge on any atom is -0.490 e. The van der Waals surface area contributed by atoms with Crippen LogP contribution in [-0.2, 0) is 10.5 Å². The van der Waals surface area contributed by atoms with Crippen LogP contribution in [0.2, 0.25) is 5.02 Å². The van der Waals surface area contributed by atoms with Crippen molar-refractivity contribution in [3.05, 3.63) is 97.6 Å². The van der Waals surface area contributed by atoms with Crippen molar-refractivity contribution < 1.29 is 14.3 Å². The molecule has 0 saturated carbocycles. The number of aryl methyl sites for hydroxylation is 2. The quantitative estimate of drug-likeness (QED) is 0.152. The molecule has 1 unspecified atom stereocenters. The first-order chi connectivity index (χ1) is 21.2. The first-order valence-corrected chi connectivity index (χ1v) is 16.6. The molecule has 2 N–H and O–H groups in total. The van der Waals surface area contributed by atoms with Gasteiger partial charge in [-0.05, 0) is 91.0 Å². The average Bonchev–Trinajstić information content (AvgIpc) is 3.39. The molecular formula is C33H35BrClN5O3S. The van der Waals surface area contributed by atoms with Gasteiger partial charge in [-0.1, -0.05) is 66.2 Å². The molecule has 0 bridgehead atoms. The highest BCUT2D eigenvalue weighted by Crippen LogP contribution is 2.43. The van der Waals surface area contributed by atoms with Crippen LogP contribution >= 0.6 is 39.3 Å². The van der Waals surface area contributed by atoms with Gasteiger partial charge in [0, 0.05) is 22.2 Å². The number of nitrogens with zero attached hydrogens (tertiary/aromatic N) is 3. The number of rotatable bonds is 11. The van der Waals surface area contributed by atoms with Gasteiger partial charge in [-0.3, -0.25) is 4.79 Å². The standard InChI is InChI=1S/C33H35BrClN5O3S/c1-6-14-43-30-24(34)16-23(17-27(30)42-7-2)29-28(31(41)37-26-13-12-19(3)15-20(26)4)21(5)36-32-38-33(39-40(29)32)44-18-22-10-8-9-11-25(22)35/h8-13,15-17,29H,6-7,14,18H2,1-5H3,(H,37,41)(H,36,38,39). The maximum absolute atomic E-state index is 14.1. The third kappa shape index (κ3) is 6.92. The van der Waals surface area contributed by atoms with Crippen LogP contribution in [0.4, 0.5) is 11.6 Å². The van der Waals surface area contributed by atoms with Crippen molar-refractivity contribution in [2.75, 3.05) is 23.8 Å².